The minimum Gasteiger partial charge on any atom is -0.489 e. The van der Waals surface area contributed by atoms with Crippen molar-refractivity contribution in [3.8, 4) is 5.75 Å². The number of nitrogens with zero attached hydrogens (tertiary/aromatic N) is 1. The Hall–Kier alpha value is -2.63. The molecule has 4 nitrogen and oxygen atoms in total. The van der Waals surface area contributed by atoms with Gasteiger partial charge in [0.05, 0.1) is 11.6 Å². The molecule has 31 heavy (non-hydrogen) atoms. The highest BCUT2D eigenvalue weighted by atomic mass is 19.1. The SMILES string of the molecule is Cc1ccc(F)c(COc2ccc3c(c2)CCN(C(=O)OC(C)(C)C)C3C(C)C)c1F. The van der Waals surface area contributed by atoms with Crippen LogP contribution < -0.4 is 4.74 Å². The highest BCUT2D eigenvalue weighted by Gasteiger charge is 2.35. The Bertz CT molecular complexity index is 966. The number of ether oxygens (including phenoxy) is 2. The van der Waals surface area contributed by atoms with E-state index in [1.165, 1.54) is 12.1 Å². The van der Waals surface area contributed by atoms with Crippen molar-refractivity contribution in [2.24, 2.45) is 5.92 Å². The summed E-state index contributed by atoms with van der Waals surface area (Å²) in [5.41, 5.74) is 1.87. The van der Waals surface area contributed by atoms with E-state index in [1.54, 1.807) is 17.9 Å². The number of carbonyl (C=O) groups excluding carboxylic acids is 1. The number of halogens is 2. The minimum atomic E-state index is -0.617. The molecule has 1 atom stereocenters. The highest BCUT2D eigenvalue weighted by Crippen LogP contribution is 2.37. The van der Waals surface area contributed by atoms with Crippen molar-refractivity contribution in [3.63, 3.8) is 0 Å². The lowest BCUT2D eigenvalue weighted by Crippen LogP contribution is -2.44. The van der Waals surface area contributed by atoms with Crippen LogP contribution in [0.4, 0.5) is 13.6 Å². The second kappa shape index (κ2) is 8.85. The Morgan fingerprint density at radius 3 is 2.55 bits per heavy atom. The molecule has 0 aromatic heterocycles. The van der Waals surface area contributed by atoms with Crippen LogP contribution in [-0.4, -0.2) is 23.1 Å². The van der Waals surface area contributed by atoms with Gasteiger partial charge < -0.3 is 14.4 Å². The summed E-state index contributed by atoms with van der Waals surface area (Å²) in [5.74, 6) is -0.458. The molecule has 1 aliphatic heterocycles. The lowest BCUT2D eigenvalue weighted by molar-refractivity contribution is 0.00876. The van der Waals surface area contributed by atoms with E-state index in [2.05, 4.69) is 13.8 Å². The van der Waals surface area contributed by atoms with Gasteiger partial charge in [0.2, 0.25) is 0 Å². The average molecular weight is 432 g/mol. The molecule has 1 heterocycles. The smallest absolute Gasteiger partial charge is 0.410 e. The number of aryl methyl sites for hydroxylation is 1. The highest BCUT2D eigenvalue weighted by molar-refractivity contribution is 5.69. The molecular formula is C25H31F2NO3. The third-order valence-corrected chi connectivity index (χ3v) is 5.41. The van der Waals surface area contributed by atoms with E-state index >= 15 is 0 Å². The summed E-state index contributed by atoms with van der Waals surface area (Å²) in [6.45, 7) is 11.7. The number of hydrogen-bond donors (Lipinski definition) is 0. The maximum Gasteiger partial charge on any atom is 0.410 e. The Balaban J connectivity index is 1.81. The molecule has 1 aliphatic rings. The van der Waals surface area contributed by atoms with E-state index in [0.29, 0.717) is 24.3 Å². The van der Waals surface area contributed by atoms with Gasteiger partial charge in [0.15, 0.2) is 0 Å². The van der Waals surface area contributed by atoms with Gasteiger partial charge in [0.25, 0.3) is 0 Å². The van der Waals surface area contributed by atoms with Gasteiger partial charge >= 0.3 is 6.09 Å². The number of carbonyl (C=O) groups is 1. The van der Waals surface area contributed by atoms with Crippen LogP contribution in [0.1, 0.15) is 62.9 Å². The number of fused-ring (bicyclic) bond motifs is 1. The van der Waals surface area contributed by atoms with E-state index in [1.807, 2.05) is 32.9 Å². The molecule has 1 amide bonds. The first-order chi connectivity index (χ1) is 14.5. The van der Waals surface area contributed by atoms with Crippen LogP contribution in [0.5, 0.6) is 5.75 Å². The second-order valence-corrected chi connectivity index (χ2v) is 9.42. The van der Waals surface area contributed by atoms with Gasteiger partial charge in [-0.3, -0.25) is 0 Å². The molecule has 6 heteroatoms. The van der Waals surface area contributed by atoms with Crippen molar-refractivity contribution in [3.05, 3.63) is 64.2 Å². The van der Waals surface area contributed by atoms with Crippen molar-refractivity contribution in [2.45, 2.75) is 66.2 Å². The van der Waals surface area contributed by atoms with Crippen LogP contribution in [-0.2, 0) is 17.8 Å². The minimum absolute atomic E-state index is 0.0751. The maximum atomic E-state index is 14.2. The van der Waals surface area contributed by atoms with Gasteiger partial charge in [-0.1, -0.05) is 26.0 Å². The summed E-state index contributed by atoms with van der Waals surface area (Å²) in [7, 11) is 0. The van der Waals surface area contributed by atoms with E-state index in [0.717, 1.165) is 11.1 Å². The van der Waals surface area contributed by atoms with Gasteiger partial charge in [-0.05, 0) is 74.9 Å². The fraction of sp³-hybridized carbons (Fsp3) is 0.480. The van der Waals surface area contributed by atoms with E-state index < -0.39 is 17.2 Å². The number of hydrogen-bond acceptors (Lipinski definition) is 3. The average Bonchev–Trinajstić information content (AvgIpc) is 2.68. The van der Waals surface area contributed by atoms with Crippen molar-refractivity contribution >= 4 is 6.09 Å². The summed E-state index contributed by atoms with van der Waals surface area (Å²) in [4.78, 5) is 14.6. The van der Waals surface area contributed by atoms with Crippen LogP contribution >= 0.6 is 0 Å². The van der Waals surface area contributed by atoms with Gasteiger partial charge in [-0.2, -0.15) is 0 Å². The summed E-state index contributed by atoms with van der Waals surface area (Å²) in [6.07, 6.45) is 0.338. The Morgan fingerprint density at radius 1 is 1.19 bits per heavy atom. The number of rotatable bonds is 4. The van der Waals surface area contributed by atoms with Crippen LogP contribution in [0, 0.1) is 24.5 Å². The molecule has 0 bridgehead atoms. The molecule has 0 spiro atoms. The molecule has 0 radical (unpaired) electrons. The molecule has 0 aliphatic carbocycles. The number of amides is 1. The zero-order valence-electron chi connectivity index (χ0n) is 19.1. The Kier molecular flexibility index (Phi) is 6.58. The molecule has 3 rings (SSSR count). The van der Waals surface area contributed by atoms with Crippen LogP contribution in [0.3, 0.4) is 0 Å². The third-order valence-electron chi connectivity index (χ3n) is 5.41. The van der Waals surface area contributed by atoms with Crippen molar-refractivity contribution in [2.75, 3.05) is 6.54 Å². The molecule has 168 valence electrons. The lowest BCUT2D eigenvalue weighted by atomic mass is 9.86. The number of benzene rings is 2. The van der Waals surface area contributed by atoms with Crippen molar-refractivity contribution in [1.82, 2.24) is 4.90 Å². The molecule has 0 fully saturated rings. The predicted octanol–water partition coefficient (Wildman–Crippen LogP) is 6.34. The topological polar surface area (TPSA) is 38.8 Å². The first kappa shape index (κ1) is 23.0. The van der Waals surface area contributed by atoms with E-state index in [-0.39, 0.29) is 30.2 Å². The maximum absolute atomic E-state index is 14.2. The van der Waals surface area contributed by atoms with Gasteiger partial charge in [-0.25, -0.2) is 13.6 Å². The lowest BCUT2D eigenvalue weighted by Gasteiger charge is -2.40. The Morgan fingerprint density at radius 2 is 1.90 bits per heavy atom. The van der Waals surface area contributed by atoms with Gasteiger partial charge in [0, 0.05) is 6.54 Å². The normalized spacial score (nSPS) is 16.3. The summed E-state index contributed by atoms with van der Waals surface area (Å²) in [6, 6.07) is 8.19. The van der Waals surface area contributed by atoms with Gasteiger partial charge in [0.1, 0.15) is 29.6 Å². The first-order valence-electron chi connectivity index (χ1n) is 10.7. The fourth-order valence-electron chi connectivity index (χ4n) is 3.97. The largest absolute Gasteiger partial charge is 0.489 e. The molecular weight excluding hydrogens is 400 g/mol. The monoisotopic (exact) mass is 431 g/mol. The summed E-state index contributed by atoms with van der Waals surface area (Å²) < 4.78 is 39.6. The van der Waals surface area contributed by atoms with Crippen molar-refractivity contribution < 1.29 is 23.0 Å². The third kappa shape index (κ3) is 5.17. The first-order valence-corrected chi connectivity index (χ1v) is 10.7. The predicted molar refractivity (Wildman–Crippen MR) is 116 cm³/mol. The van der Waals surface area contributed by atoms with Crippen LogP contribution in [0.2, 0.25) is 0 Å². The fourth-order valence-corrected chi connectivity index (χ4v) is 3.97. The quantitative estimate of drug-likeness (QED) is 0.567. The molecule has 0 saturated heterocycles. The summed E-state index contributed by atoms with van der Waals surface area (Å²) in [5, 5.41) is 0. The van der Waals surface area contributed by atoms with E-state index in [9.17, 15) is 13.6 Å². The molecule has 0 N–H and O–H groups in total. The van der Waals surface area contributed by atoms with E-state index in [4.69, 9.17) is 9.47 Å². The standard InChI is InChI=1S/C25H31F2NO3/c1-15(2)23-19-9-8-18(30-14-20-21(26)10-7-16(3)22(20)27)13-17(19)11-12-28(23)24(29)31-25(4,5)6/h7-10,13,15,23H,11-12,14H2,1-6H3. The molecule has 0 saturated carbocycles. The molecule has 1 unspecified atom stereocenters. The Labute approximate surface area is 183 Å². The molecule has 2 aromatic rings. The zero-order valence-corrected chi connectivity index (χ0v) is 19.1. The second-order valence-electron chi connectivity index (χ2n) is 9.42. The van der Waals surface area contributed by atoms with Gasteiger partial charge in [-0.15, -0.1) is 0 Å². The zero-order chi connectivity index (χ0) is 22.9. The van der Waals surface area contributed by atoms with Crippen LogP contribution in [0.25, 0.3) is 0 Å². The van der Waals surface area contributed by atoms with Crippen molar-refractivity contribution in [1.29, 1.82) is 0 Å². The van der Waals surface area contributed by atoms with Crippen LogP contribution in [0.15, 0.2) is 30.3 Å². The summed E-state index contributed by atoms with van der Waals surface area (Å²) >= 11 is 0. The molecule has 2 aromatic carbocycles.